The fourth-order valence-electron chi connectivity index (χ4n) is 8.18. The van der Waals surface area contributed by atoms with Crippen LogP contribution < -0.4 is 0 Å². The van der Waals surface area contributed by atoms with E-state index in [1.54, 1.807) is 0 Å². The van der Waals surface area contributed by atoms with Crippen molar-refractivity contribution in [2.45, 2.75) is 116 Å². The monoisotopic (exact) mass is 976 g/mol. The van der Waals surface area contributed by atoms with Gasteiger partial charge in [-0.25, -0.2) is 0 Å². The van der Waals surface area contributed by atoms with Crippen molar-refractivity contribution in [1.29, 1.82) is 5.26 Å². The first kappa shape index (κ1) is 38.5. The van der Waals surface area contributed by atoms with E-state index >= 15 is 0 Å². The van der Waals surface area contributed by atoms with E-state index in [0.717, 1.165) is 50.8 Å². The Bertz CT molecular complexity index is 2760. The van der Waals surface area contributed by atoms with Crippen molar-refractivity contribution in [2.24, 2.45) is 0 Å². The molecule has 8 rings (SSSR count). The van der Waals surface area contributed by atoms with Gasteiger partial charge in [0.1, 0.15) is 5.58 Å². The molecule has 4 heterocycles. The van der Waals surface area contributed by atoms with Gasteiger partial charge in [0.25, 0.3) is 0 Å². The third-order valence-electron chi connectivity index (χ3n) is 11.7. The molecule has 1 fully saturated rings. The Morgan fingerprint density at radius 2 is 1.56 bits per heavy atom. The molecule has 1 aliphatic rings. The molecule has 0 atom stereocenters. The van der Waals surface area contributed by atoms with Crippen molar-refractivity contribution in [2.75, 3.05) is 0 Å². The summed E-state index contributed by atoms with van der Waals surface area (Å²) in [7, 11) is -1.35. The minimum absolute atomic E-state index is 0. The van der Waals surface area contributed by atoms with E-state index in [4.69, 9.17) is 13.5 Å². The number of hydrogen-bond donors (Lipinski definition) is 0. The molecule has 59 heavy (non-hydrogen) atoms. The summed E-state index contributed by atoms with van der Waals surface area (Å²) in [5, 5.41) is 11.9. The van der Waals surface area contributed by atoms with Gasteiger partial charge in [0.15, 0.2) is 0 Å². The third-order valence-corrected chi connectivity index (χ3v) is 14.9. The largest absolute Gasteiger partial charge is 0.500 e. The van der Waals surface area contributed by atoms with E-state index < -0.39 is 20.8 Å². The number of hydrogen-bond acceptors (Lipinski definition) is 4. The van der Waals surface area contributed by atoms with Crippen LogP contribution in [0, 0.1) is 30.3 Å². The summed E-state index contributed by atoms with van der Waals surface area (Å²) in [6.45, 7) is 17.5. The molecule has 0 bridgehead atoms. The average molecular weight is 976 g/mol. The molecule has 3 aromatic heterocycles. The molecule has 4 nitrogen and oxygen atoms in total. The van der Waals surface area contributed by atoms with E-state index in [1.165, 1.54) is 11.8 Å². The molecule has 1 radical (unpaired) electrons. The molecule has 1 aliphatic heterocycles. The predicted molar refractivity (Wildman–Crippen MR) is 245 cm³/mol. The summed E-state index contributed by atoms with van der Waals surface area (Å²) in [6.07, 6.45) is 4.78. The topological polar surface area (TPSA) is 62.7 Å². The number of pyridine rings is 2. The van der Waals surface area contributed by atoms with E-state index in [1.807, 2.05) is 60.8 Å². The summed E-state index contributed by atoms with van der Waals surface area (Å²) in [5.41, 5.74) is 11.0. The maximum Gasteiger partial charge on any atom is 0.125 e. The first-order valence-electron chi connectivity index (χ1n) is 22.6. The van der Waals surface area contributed by atoms with Crippen LogP contribution in [-0.2, 0) is 25.5 Å². The molecule has 1 saturated heterocycles. The molecular weight excluding hydrogens is 915 g/mol. The maximum absolute atomic E-state index is 10.2. The summed E-state index contributed by atoms with van der Waals surface area (Å²) in [4.78, 5) is 9.10. The number of aromatic nitrogens is 2. The van der Waals surface area contributed by atoms with Gasteiger partial charge in [0, 0.05) is 57.0 Å². The van der Waals surface area contributed by atoms with Crippen LogP contribution >= 0.6 is 0 Å². The second kappa shape index (κ2) is 17.9. The van der Waals surface area contributed by atoms with Crippen LogP contribution in [0.5, 0.6) is 0 Å². The average Bonchev–Trinajstić information content (AvgIpc) is 3.63. The maximum atomic E-state index is 10.2. The van der Waals surface area contributed by atoms with Crippen LogP contribution in [0.2, 0.25) is 25.2 Å². The fraction of sp³-hybridized carbons (Fsp3) is 0.340. The molecule has 0 saturated carbocycles. The minimum atomic E-state index is -2.36. The van der Waals surface area contributed by atoms with Crippen LogP contribution in [0.25, 0.3) is 55.6 Å². The molecule has 7 aromatic rings. The van der Waals surface area contributed by atoms with Crippen molar-refractivity contribution in [3.63, 3.8) is 0 Å². The number of aryl methyl sites for hydroxylation is 1. The zero-order chi connectivity index (χ0) is 44.8. The van der Waals surface area contributed by atoms with Gasteiger partial charge >= 0.3 is 0 Å². The van der Waals surface area contributed by atoms with Gasteiger partial charge in [-0.3, -0.25) is 0 Å². The molecule has 4 aromatic carbocycles. The van der Waals surface area contributed by atoms with Gasteiger partial charge in [-0.1, -0.05) is 121 Å². The number of fused-ring (bicyclic) bond motifs is 3. The third kappa shape index (κ3) is 9.24. The summed E-state index contributed by atoms with van der Waals surface area (Å²) in [5.74, 6) is -0.540. The number of nitriles is 1. The minimum Gasteiger partial charge on any atom is -0.500 e. The molecule has 6 heteroatoms. The predicted octanol–water partition coefficient (Wildman–Crippen LogP) is 15.0. The van der Waals surface area contributed by atoms with E-state index in [0.29, 0.717) is 52.0 Å². The Morgan fingerprint density at radius 3 is 2.19 bits per heavy atom. The van der Waals surface area contributed by atoms with Crippen molar-refractivity contribution in [1.82, 2.24) is 9.97 Å². The first-order valence-corrected chi connectivity index (χ1v) is 24.0. The van der Waals surface area contributed by atoms with Crippen LogP contribution in [0.3, 0.4) is 0 Å². The van der Waals surface area contributed by atoms with Gasteiger partial charge in [-0.05, 0) is 99.7 Å². The van der Waals surface area contributed by atoms with Crippen molar-refractivity contribution >= 4 is 30.0 Å². The molecule has 0 aliphatic carbocycles. The summed E-state index contributed by atoms with van der Waals surface area (Å²) >= 11 is 0. The standard InChI is InChI=1S/C38H41N2OSi.C15H16N.Ir/c1-23(2)28-10-8-11-29(24(3)4)36(28)33-20-34(40-22-25(33)5)32-13-9-12-30-31-15-14-27(21-39)35(38(31)41-37(30)32)26-16-18-42(6,7)19-17-26;1-15(2,3)13-9-10-16-14(11-13)12-7-5-4-6-8-12;/h8-12,14-15,20,22-24,26H,16-19H2,1-7H3;4-7,9-11H,1-3H3;/q2*-1;/i5D3,26D;;. The molecule has 0 spiro atoms. The zero-order valence-electron chi connectivity index (χ0n) is 39.8. The Kier molecular flexibility index (Phi) is 11.7. The Hall–Kier alpha value is -4.66. The molecule has 0 N–H and O–H groups in total. The Balaban J connectivity index is 0.000000327. The Morgan fingerprint density at radius 1 is 0.847 bits per heavy atom. The van der Waals surface area contributed by atoms with E-state index in [-0.39, 0.29) is 42.9 Å². The van der Waals surface area contributed by atoms with Crippen molar-refractivity contribution < 1.29 is 30.0 Å². The van der Waals surface area contributed by atoms with Crippen LogP contribution in [0.4, 0.5) is 0 Å². The zero-order valence-corrected chi connectivity index (χ0v) is 39.2. The Labute approximate surface area is 372 Å². The number of nitrogens with zero attached hydrogens (tertiary/aromatic N) is 3. The van der Waals surface area contributed by atoms with Crippen molar-refractivity contribution in [3.05, 3.63) is 143 Å². The van der Waals surface area contributed by atoms with Gasteiger partial charge in [-0.15, -0.1) is 54.1 Å². The smallest absolute Gasteiger partial charge is 0.125 e. The van der Waals surface area contributed by atoms with Crippen LogP contribution in [0.15, 0.2) is 102 Å². The first-order chi connectivity index (χ1) is 29.2. The number of furan rings is 1. The van der Waals surface area contributed by atoms with Gasteiger partial charge in [0.05, 0.1) is 17.2 Å². The van der Waals surface area contributed by atoms with Crippen molar-refractivity contribution in [3.8, 4) is 39.7 Å². The summed E-state index contributed by atoms with van der Waals surface area (Å²) < 4.78 is 41.6. The molecular formula is C53H57IrN3OSi-2. The van der Waals surface area contributed by atoms with Crippen LogP contribution in [-0.4, -0.2) is 18.0 Å². The van der Waals surface area contributed by atoms with E-state index in [9.17, 15) is 6.63 Å². The number of rotatable bonds is 6. The normalized spacial score (nSPS) is 16.0. The van der Waals surface area contributed by atoms with Crippen LogP contribution in [0.1, 0.15) is 118 Å². The SMILES string of the molecule is CC(C)(C)c1ccnc(-c2[c-]cccc2)c1.[2H]C([2H])([2H])c1cnc(-c2[c-]ccc3c2oc2c(C4([2H])CC[Si](C)(C)CC4)c(C#N)ccc23)cc1-c1c(C(C)C)cccc1C(C)C.[Ir]. The molecule has 0 unspecified atom stereocenters. The second-order valence-electron chi connectivity index (χ2n) is 18.1. The van der Waals surface area contributed by atoms with Gasteiger partial charge < -0.3 is 14.4 Å². The van der Waals surface area contributed by atoms with Gasteiger partial charge in [0.2, 0.25) is 0 Å². The molecule has 0 amide bonds. The number of benzene rings is 4. The second-order valence-corrected chi connectivity index (χ2v) is 23.5. The summed E-state index contributed by atoms with van der Waals surface area (Å²) in [6, 6.07) is 38.8. The fourth-order valence-corrected chi connectivity index (χ4v) is 10.4. The van der Waals surface area contributed by atoms with Gasteiger partial charge in [-0.2, -0.15) is 5.26 Å². The molecule has 305 valence electrons. The quantitative estimate of drug-likeness (QED) is 0.123. The van der Waals surface area contributed by atoms with E-state index in [2.05, 4.69) is 115 Å².